The number of ether oxygens (including phenoxy) is 2. The van der Waals surface area contributed by atoms with Gasteiger partial charge in [0.15, 0.2) is 0 Å². The van der Waals surface area contributed by atoms with Gasteiger partial charge in [0.25, 0.3) is 5.91 Å². The zero-order chi connectivity index (χ0) is 22.3. The van der Waals surface area contributed by atoms with Crippen LogP contribution in [-0.4, -0.2) is 46.3 Å². The first-order valence-electron chi connectivity index (χ1n) is 10.5. The number of methoxy groups -OCH3 is 1. The molecule has 1 amide bonds. The fraction of sp³-hybridized carbons (Fsp3) is 0.250. The molecule has 32 heavy (non-hydrogen) atoms. The standard InChI is InChI=1S/C24H25N5O3/c1-3-32-22-14-20(17-7-4-5-8-21(17)31-2)28-19-13-16(10-11-18(19)22)24(30)25-12-6-9-23-26-15-27-29-23/h4-5,7-8,10-11,13-15H,3,6,9,12H2,1-2H3,(H,25,30)(H,26,27,29). The Balaban J connectivity index is 1.59. The Morgan fingerprint density at radius 3 is 2.78 bits per heavy atom. The first-order valence-corrected chi connectivity index (χ1v) is 10.5. The van der Waals surface area contributed by atoms with E-state index in [-0.39, 0.29) is 5.91 Å². The van der Waals surface area contributed by atoms with E-state index in [0.29, 0.717) is 24.2 Å². The molecule has 2 aromatic carbocycles. The Morgan fingerprint density at radius 1 is 1.12 bits per heavy atom. The SMILES string of the molecule is CCOc1cc(-c2ccccc2OC)nc2cc(C(=O)NCCCc3nnc[nH]3)ccc12. The Kier molecular flexibility index (Phi) is 6.60. The molecule has 164 valence electrons. The molecular formula is C24H25N5O3. The van der Waals surface area contributed by atoms with Crippen LogP contribution >= 0.6 is 0 Å². The average molecular weight is 431 g/mol. The summed E-state index contributed by atoms with van der Waals surface area (Å²) in [5.74, 6) is 2.10. The van der Waals surface area contributed by atoms with Crippen molar-refractivity contribution in [2.24, 2.45) is 0 Å². The Morgan fingerprint density at radius 2 is 2.00 bits per heavy atom. The Bertz CT molecular complexity index is 1210. The lowest BCUT2D eigenvalue weighted by molar-refractivity contribution is 0.0953. The summed E-state index contributed by atoms with van der Waals surface area (Å²) in [6, 6.07) is 15.1. The van der Waals surface area contributed by atoms with Crippen molar-refractivity contribution >= 4 is 16.8 Å². The number of amides is 1. The number of carbonyl (C=O) groups is 1. The van der Waals surface area contributed by atoms with Crippen LogP contribution in [0.15, 0.2) is 54.9 Å². The van der Waals surface area contributed by atoms with Crippen molar-refractivity contribution in [1.29, 1.82) is 0 Å². The molecule has 0 radical (unpaired) electrons. The predicted molar refractivity (Wildman–Crippen MR) is 122 cm³/mol. The second-order valence-electron chi connectivity index (χ2n) is 7.17. The maximum absolute atomic E-state index is 12.7. The average Bonchev–Trinajstić information content (AvgIpc) is 3.35. The summed E-state index contributed by atoms with van der Waals surface area (Å²) < 4.78 is 11.4. The molecule has 0 aliphatic rings. The summed E-state index contributed by atoms with van der Waals surface area (Å²) in [5.41, 5.74) is 2.82. The molecule has 2 aromatic heterocycles. The number of para-hydroxylation sites is 1. The van der Waals surface area contributed by atoms with E-state index in [1.807, 2.05) is 43.3 Å². The smallest absolute Gasteiger partial charge is 0.251 e. The zero-order valence-electron chi connectivity index (χ0n) is 18.1. The van der Waals surface area contributed by atoms with E-state index in [9.17, 15) is 4.79 Å². The summed E-state index contributed by atoms with van der Waals surface area (Å²) in [5, 5.41) is 11.5. The van der Waals surface area contributed by atoms with E-state index in [1.54, 1.807) is 25.6 Å². The second kappa shape index (κ2) is 9.91. The zero-order valence-corrected chi connectivity index (χ0v) is 18.1. The highest BCUT2D eigenvalue weighted by Crippen LogP contribution is 2.34. The van der Waals surface area contributed by atoms with Gasteiger partial charge in [0, 0.05) is 35.5 Å². The second-order valence-corrected chi connectivity index (χ2v) is 7.17. The molecule has 0 fully saturated rings. The molecule has 0 spiro atoms. The van der Waals surface area contributed by atoms with Crippen LogP contribution in [0.2, 0.25) is 0 Å². The number of hydrogen-bond acceptors (Lipinski definition) is 6. The Labute approximate surface area is 186 Å². The van der Waals surface area contributed by atoms with Crippen molar-refractivity contribution < 1.29 is 14.3 Å². The van der Waals surface area contributed by atoms with Crippen LogP contribution in [0.1, 0.15) is 29.5 Å². The maximum atomic E-state index is 12.7. The van der Waals surface area contributed by atoms with E-state index in [1.165, 1.54) is 0 Å². The molecule has 2 N–H and O–H groups in total. The maximum Gasteiger partial charge on any atom is 0.251 e. The van der Waals surface area contributed by atoms with Gasteiger partial charge in [0.2, 0.25) is 0 Å². The molecule has 0 saturated heterocycles. The van der Waals surface area contributed by atoms with Crippen LogP contribution in [0.4, 0.5) is 0 Å². The molecule has 4 rings (SSSR count). The number of benzene rings is 2. The molecule has 2 heterocycles. The van der Waals surface area contributed by atoms with Crippen molar-refractivity contribution in [2.45, 2.75) is 19.8 Å². The van der Waals surface area contributed by atoms with Gasteiger partial charge in [-0.15, -0.1) is 10.2 Å². The van der Waals surface area contributed by atoms with Gasteiger partial charge in [0.05, 0.1) is 24.9 Å². The molecular weight excluding hydrogens is 406 g/mol. The quantitative estimate of drug-likeness (QED) is 0.391. The molecule has 0 saturated carbocycles. The number of fused-ring (bicyclic) bond motifs is 1. The monoisotopic (exact) mass is 431 g/mol. The van der Waals surface area contributed by atoms with E-state index in [4.69, 9.17) is 14.5 Å². The van der Waals surface area contributed by atoms with Crippen LogP contribution in [0.25, 0.3) is 22.2 Å². The van der Waals surface area contributed by atoms with E-state index in [2.05, 4.69) is 20.5 Å². The predicted octanol–water partition coefficient (Wildman–Crippen LogP) is 3.79. The largest absolute Gasteiger partial charge is 0.496 e. The highest BCUT2D eigenvalue weighted by molar-refractivity contribution is 5.99. The number of rotatable bonds is 9. The van der Waals surface area contributed by atoms with Gasteiger partial charge >= 0.3 is 0 Å². The van der Waals surface area contributed by atoms with Crippen LogP contribution in [0.3, 0.4) is 0 Å². The van der Waals surface area contributed by atoms with Gasteiger partial charge in [-0.2, -0.15) is 0 Å². The minimum Gasteiger partial charge on any atom is -0.496 e. The van der Waals surface area contributed by atoms with Crippen LogP contribution in [0.5, 0.6) is 11.5 Å². The fourth-order valence-electron chi connectivity index (χ4n) is 3.52. The number of aryl methyl sites for hydroxylation is 1. The lowest BCUT2D eigenvalue weighted by atomic mass is 10.1. The molecule has 4 aromatic rings. The number of carbonyl (C=O) groups excluding carboxylic acids is 1. The van der Waals surface area contributed by atoms with Gasteiger partial charge in [0.1, 0.15) is 23.7 Å². The first kappa shape index (κ1) is 21.3. The first-order chi connectivity index (χ1) is 15.7. The third kappa shape index (κ3) is 4.69. The number of hydrogen-bond donors (Lipinski definition) is 2. The van der Waals surface area contributed by atoms with E-state index < -0.39 is 0 Å². The van der Waals surface area contributed by atoms with Crippen molar-refractivity contribution in [3.8, 4) is 22.8 Å². The summed E-state index contributed by atoms with van der Waals surface area (Å²) >= 11 is 0. The minimum absolute atomic E-state index is 0.146. The summed E-state index contributed by atoms with van der Waals surface area (Å²) in [4.78, 5) is 20.5. The third-order valence-electron chi connectivity index (χ3n) is 5.06. The number of nitrogens with one attached hydrogen (secondary N) is 2. The highest BCUT2D eigenvalue weighted by Gasteiger charge is 2.14. The third-order valence-corrected chi connectivity index (χ3v) is 5.06. The van der Waals surface area contributed by atoms with Crippen molar-refractivity contribution in [3.63, 3.8) is 0 Å². The summed E-state index contributed by atoms with van der Waals surface area (Å²) in [7, 11) is 1.63. The molecule has 0 unspecified atom stereocenters. The summed E-state index contributed by atoms with van der Waals surface area (Å²) in [6.07, 6.45) is 3.03. The molecule has 0 bridgehead atoms. The lowest BCUT2D eigenvalue weighted by Gasteiger charge is -2.13. The van der Waals surface area contributed by atoms with Gasteiger partial charge in [-0.05, 0) is 43.7 Å². The van der Waals surface area contributed by atoms with Crippen molar-refractivity contribution in [2.75, 3.05) is 20.3 Å². The number of H-pyrrole nitrogens is 1. The summed E-state index contributed by atoms with van der Waals surface area (Å²) in [6.45, 7) is 3.00. The van der Waals surface area contributed by atoms with Crippen LogP contribution in [0, 0.1) is 0 Å². The topological polar surface area (TPSA) is 102 Å². The van der Waals surface area contributed by atoms with E-state index >= 15 is 0 Å². The number of aromatic amines is 1. The fourth-order valence-corrected chi connectivity index (χ4v) is 3.52. The molecule has 8 nitrogen and oxygen atoms in total. The number of pyridine rings is 1. The Hall–Kier alpha value is -3.94. The van der Waals surface area contributed by atoms with Crippen LogP contribution in [-0.2, 0) is 6.42 Å². The molecule has 0 aliphatic carbocycles. The van der Waals surface area contributed by atoms with Gasteiger partial charge in [-0.25, -0.2) is 4.98 Å². The highest BCUT2D eigenvalue weighted by atomic mass is 16.5. The lowest BCUT2D eigenvalue weighted by Crippen LogP contribution is -2.24. The van der Waals surface area contributed by atoms with Gasteiger partial charge < -0.3 is 19.8 Å². The molecule has 8 heteroatoms. The molecule has 0 atom stereocenters. The number of aromatic nitrogens is 4. The number of nitrogens with zero attached hydrogens (tertiary/aromatic N) is 3. The molecule has 0 aliphatic heterocycles. The van der Waals surface area contributed by atoms with Crippen molar-refractivity contribution in [1.82, 2.24) is 25.5 Å². The van der Waals surface area contributed by atoms with Gasteiger partial charge in [-0.3, -0.25) is 4.79 Å². The van der Waals surface area contributed by atoms with Gasteiger partial charge in [-0.1, -0.05) is 12.1 Å². The van der Waals surface area contributed by atoms with E-state index in [0.717, 1.165) is 46.8 Å². The van der Waals surface area contributed by atoms with Crippen LogP contribution < -0.4 is 14.8 Å². The minimum atomic E-state index is -0.146. The normalized spacial score (nSPS) is 10.8. The van der Waals surface area contributed by atoms with Crippen molar-refractivity contribution in [3.05, 3.63) is 66.2 Å².